The summed E-state index contributed by atoms with van der Waals surface area (Å²) in [5, 5.41) is 10.1. The highest BCUT2D eigenvalue weighted by molar-refractivity contribution is 5.80. The molecule has 0 unspecified atom stereocenters. The predicted octanol–water partition coefficient (Wildman–Crippen LogP) is 4.86. The van der Waals surface area contributed by atoms with Crippen LogP contribution in [0.15, 0.2) is 57.7 Å². The van der Waals surface area contributed by atoms with Crippen LogP contribution in [-0.4, -0.2) is 49.5 Å². The Labute approximate surface area is 194 Å². The number of likely N-dealkylation sites (tertiary alicyclic amines) is 1. The second-order valence-corrected chi connectivity index (χ2v) is 8.70. The Balaban J connectivity index is 1.25. The van der Waals surface area contributed by atoms with E-state index in [1.54, 1.807) is 19.2 Å². The van der Waals surface area contributed by atoms with Crippen molar-refractivity contribution >= 4 is 11.0 Å². The van der Waals surface area contributed by atoms with E-state index in [2.05, 4.69) is 4.90 Å². The summed E-state index contributed by atoms with van der Waals surface area (Å²) in [4.78, 5) is 15.1. The van der Waals surface area contributed by atoms with Gasteiger partial charge in [0.25, 0.3) is 0 Å². The summed E-state index contributed by atoms with van der Waals surface area (Å²) in [6.07, 6.45) is 6.18. The molecule has 0 saturated carbocycles. The number of hydrogen-bond acceptors (Lipinski definition) is 6. The van der Waals surface area contributed by atoms with Crippen molar-refractivity contribution in [2.24, 2.45) is 0 Å². The zero-order valence-corrected chi connectivity index (χ0v) is 19.3. The molecule has 0 bridgehead atoms. The fourth-order valence-corrected chi connectivity index (χ4v) is 4.25. The second kappa shape index (κ2) is 11.3. The number of hydrogen-bond donors (Lipinski definition) is 1. The number of piperidine rings is 1. The Bertz CT molecular complexity index is 1080. The molecule has 2 heterocycles. The van der Waals surface area contributed by atoms with Crippen LogP contribution in [0.4, 0.5) is 0 Å². The molecule has 1 N–H and O–H groups in total. The zero-order valence-electron chi connectivity index (χ0n) is 19.3. The lowest BCUT2D eigenvalue weighted by molar-refractivity contribution is 0.0817. The topological polar surface area (TPSA) is 72.1 Å². The van der Waals surface area contributed by atoms with Gasteiger partial charge >= 0.3 is 0 Å². The highest BCUT2D eigenvalue weighted by Gasteiger charge is 2.16. The minimum absolute atomic E-state index is 0.0854. The maximum absolute atomic E-state index is 12.7. The van der Waals surface area contributed by atoms with Crippen molar-refractivity contribution in [3.8, 4) is 22.8 Å². The first-order valence-electron chi connectivity index (χ1n) is 11.9. The van der Waals surface area contributed by atoms with Crippen molar-refractivity contribution in [2.75, 3.05) is 33.4 Å². The Hall–Kier alpha value is -2.83. The second-order valence-electron chi connectivity index (χ2n) is 8.70. The van der Waals surface area contributed by atoms with Gasteiger partial charge in [0, 0.05) is 24.7 Å². The fourth-order valence-electron chi connectivity index (χ4n) is 4.25. The maximum atomic E-state index is 12.7. The van der Waals surface area contributed by atoms with Gasteiger partial charge in [0.05, 0.1) is 25.2 Å². The molecule has 3 aromatic rings. The van der Waals surface area contributed by atoms with Gasteiger partial charge in [-0.15, -0.1) is 0 Å². The van der Waals surface area contributed by atoms with Gasteiger partial charge < -0.3 is 23.9 Å². The number of aliphatic hydroxyl groups excluding tert-OH is 1. The molecule has 0 aliphatic carbocycles. The van der Waals surface area contributed by atoms with Crippen molar-refractivity contribution in [3.63, 3.8) is 0 Å². The Morgan fingerprint density at radius 1 is 0.970 bits per heavy atom. The van der Waals surface area contributed by atoms with Gasteiger partial charge in [0.2, 0.25) is 0 Å². The van der Waals surface area contributed by atoms with E-state index in [-0.39, 0.29) is 11.5 Å². The van der Waals surface area contributed by atoms with E-state index in [1.807, 2.05) is 30.3 Å². The summed E-state index contributed by atoms with van der Waals surface area (Å²) in [5.74, 6) is 1.98. The largest absolute Gasteiger partial charge is 0.497 e. The van der Waals surface area contributed by atoms with Crippen molar-refractivity contribution in [3.05, 3.63) is 58.8 Å². The van der Waals surface area contributed by atoms with Crippen LogP contribution < -0.4 is 14.9 Å². The van der Waals surface area contributed by atoms with Gasteiger partial charge in [-0.1, -0.05) is 12.8 Å². The molecule has 6 nitrogen and oxygen atoms in total. The molecule has 1 aliphatic heterocycles. The van der Waals surface area contributed by atoms with Crippen molar-refractivity contribution in [2.45, 2.75) is 44.6 Å². The molecule has 0 spiro atoms. The van der Waals surface area contributed by atoms with Gasteiger partial charge in [0.15, 0.2) is 5.43 Å². The first-order chi connectivity index (χ1) is 16.1. The summed E-state index contributed by atoms with van der Waals surface area (Å²) in [6.45, 7) is 3.78. The van der Waals surface area contributed by atoms with Crippen LogP contribution in [0.5, 0.6) is 11.5 Å². The van der Waals surface area contributed by atoms with Gasteiger partial charge in [0.1, 0.15) is 22.8 Å². The summed E-state index contributed by atoms with van der Waals surface area (Å²) in [5.41, 5.74) is 1.29. The van der Waals surface area contributed by atoms with Crippen LogP contribution >= 0.6 is 0 Å². The lowest BCUT2D eigenvalue weighted by Crippen LogP contribution is -2.36. The number of unbranched alkanes of at least 4 members (excludes halogenated alkanes) is 3. The third-order valence-electron chi connectivity index (χ3n) is 6.27. The van der Waals surface area contributed by atoms with Crippen molar-refractivity contribution < 1.29 is 19.0 Å². The van der Waals surface area contributed by atoms with E-state index >= 15 is 0 Å². The van der Waals surface area contributed by atoms with E-state index in [1.165, 1.54) is 18.9 Å². The first-order valence-corrected chi connectivity index (χ1v) is 11.9. The molecule has 176 valence electrons. The van der Waals surface area contributed by atoms with Crippen molar-refractivity contribution in [1.29, 1.82) is 0 Å². The highest BCUT2D eigenvalue weighted by Crippen LogP contribution is 2.26. The molecule has 6 heteroatoms. The highest BCUT2D eigenvalue weighted by atomic mass is 16.5. The molecular formula is C27H33NO5. The molecule has 4 rings (SSSR count). The molecule has 1 aliphatic rings. The zero-order chi connectivity index (χ0) is 23.0. The van der Waals surface area contributed by atoms with Crippen LogP contribution in [0.1, 0.15) is 38.5 Å². The number of fused-ring (bicyclic) bond motifs is 1. The Morgan fingerprint density at radius 3 is 2.45 bits per heavy atom. The molecular weight excluding hydrogens is 418 g/mol. The van der Waals surface area contributed by atoms with E-state index in [0.717, 1.165) is 56.6 Å². The lowest BCUT2D eigenvalue weighted by Gasteiger charge is -2.29. The molecule has 0 atom stereocenters. The molecule has 0 amide bonds. The van der Waals surface area contributed by atoms with Crippen LogP contribution in [0.3, 0.4) is 0 Å². The number of nitrogens with zero attached hydrogens (tertiary/aromatic N) is 1. The molecule has 1 saturated heterocycles. The standard InChI is InChI=1S/C27H33NO5/c1-31-22-8-6-20(7-9-22)27-19-25(30)24-18-23(10-11-26(24)33-27)32-17-5-3-2-4-14-28-15-12-21(29)13-16-28/h6-11,18-19,21,29H,2-5,12-17H2,1H3. The third-order valence-corrected chi connectivity index (χ3v) is 6.27. The van der Waals surface area contributed by atoms with E-state index in [4.69, 9.17) is 13.9 Å². The van der Waals surface area contributed by atoms with Crippen LogP contribution in [0.2, 0.25) is 0 Å². The quantitative estimate of drug-likeness (QED) is 0.444. The number of aliphatic hydroxyl groups is 1. The fraction of sp³-hybridized carbons (Fsp3) is 0.444. The maximum Gasteiger partial charge on any atom is 0.193 e. The Kier molecular flexibility index (Phi) is 8.02. The average Bonchev–Trinajstić information content (AvgIpc) is 2.85. The normalized spacial score (nSPS) is 15.1. The molecule has 1 aromatic heterocycles. The number of methoxy groups -OCH3 is 1. The van der Waals surface area contributed by atoms with Gasteiger partial charge in [-0.2, -0.15) is 0 Å². The first kappa shape index (κ1) is 23.3. The van der Waals surface area contributed by atoms with E-state index in [0.29, 0.717) is 29.1 Å². The minimum atomic E-state index is -0.101. The monoisotopic (exact) mass is 451 g/mol. The average molecular weight is 452 g/mol. The summed E-state index contributed by atoms with van der Waals surface area (Å²) in [6, 6.07) is 14.4. The van der Waals surface area contributed by atoms with Crippen LogP contribution in [0.25, 0.3) is 22.3 Å². The summed E-state index contributed by atoms with van der Waals surface area (Å²) >= 11 is 0. The number of ether oxygens (including phenoxy) is 2. The third kappa shape index (κ3) is 6.36. The predicted molar refractivity (Wildman–Crippen MR) is 130 cm³/mol. The smallest absolute Gasteiger partial charge is 0.193 e. The molecule has 1 fully saturated rings. The van der Waals surface area contributed by atoms with Crippen molar-refractivity contribution in [1.82, 2.24) is 4.90 Å². The van der Waals surface area contributed by atoms with Crippen LogP contribution in [-0.2, 0) is 0 Å². The van der Waals surface area contributed by atoms with Crippen LogP contribution in [0, 0.1) is 0 Å². The molecule has 2 aromatic carbocycles. The molecule has 33 heavy (non-hydrogen) atoms. The van der Waals surface area contributed by atoms with E-state index in [9.17, 15) is 9.90 Å². The molecule has 0 radical (unpaired) electrons. The number of benzene rings is 2. The minimum Gasteiger partial charge on any atom is -0.497 e. The summed E-state index contributed by atoms with van der Waals surface area (Å²) < 4.78 is 17.0. The van der Waals surface area contributed by atoms with Gasteiger partial charge in [-0.3, -0.25) is 4.79 Å². The van der Waals surface area contributed by atoms with Gasteiger partial charge in [-0.25, -0.2) is 0 Å². The SMILES string of the molecule is COc1ccc(-c2cc(=O)c3cc(OCCCCCCN4CCC(O)CC4)ccc3o2)cc1. The lowest BCUT2D eigenvalue weighted by atomic mass is 10.1. The Morgan fingerprint density at radius 2 is 1.70 bits per heavy atom. The van der Waals surface area contributed by atoms with Gasteiger partial charge in [-0.05, 0) is 74.7 Å². The van der Waals surface area contributed by atoms with E-state index < -0.39 is 0 Å². The number of rotatable bonds is 10. The summed E-state index contributed by atoms with van der Waals surface area (Å²) in [7, 11) is 1.62.